The summed E-state index contributed by atoms with van der Waals surface area (Å²) in [5, 5.41) is 18.5. The highest BCUT2D eigenvalue weighted by atomic mass is 32.1. The maximum Gasteiger partial charge on any atom is 0.319 e. The van der Waals surface area contributed by atoms with Crippen molar-refractivity contribution in [1.29, 1.82) is 0 Å². The van der Waals surface area contributed by atoms with Crippen LogP contribution in [0.3, 0.4) is 0 Å². The largest absolute Gasteiger partial charge is 0.396 e. The number of aliphatic hydroxyl groups excluding tert-OH is 1. The Morgan fingerprint density at radius 3 is 3.00 bits per heavy atom. The second-order valence-corrected chi connectivity index (χ2v) is 7.62. The summed E-state index contributed by atoms with van der Waals surface area (Å²) in [7, 11) is 0. The molecule has 3 N–H and O–H groups in total. The fourth-order valence-electron chi connectivity index (χ4n) is 4.31. The number of aromatic nitrogens is 1. The molecule has 6 heteroatoms. The number of rotatable bonds is 4. The molecule has 126 valence electrons. The molecule has 2 aliphatic rings. The Hall–Kier alpha value is -1.92. The molecule has 0 saturated heterocycles. The van der Waals surface area contributed by atoms with Crippen LogP contribution in [0.4, 0.5) is 10.5 Å². The number of nitrogens with one attached hydrogen (secondary N) is 2. The third-order valence-corrected chi connectivity index (χ3v) is 6.22. The Labute approximate surface area is 145 Å². The van der Waals surface area contributed by atoms with Gasteiger partial charge in [-0.15, -0.1) is 11.3 Å². The van der Waals surface area contributed by atoms with Crippen LogP contribution < -0.4 is 10.6 Å². The lowest BCUT2D eigenvalue weighted by atomic mass is 9.85. The molecule has 2 aliphatic carbocycles. The van der Waals surface area contributed by atoms with E-state index < -0.39 is 0 Å². The number of benzene rings is 1. The van der Waals surface area contributed by atoms with E-state index in [2.05, 4.69) is 15.6 Å². The van der Waals surface area contributed by atoms with Crippen molar-refractivity contribution in [3.63, 3.8) is 0 Å². The molecular formula is C18H21N3O2S. The number of nitrogens with zero attached hydrogens (tertiary/aromatic N) is 1. The number of thiazole rings is 1. The smallest absolute Gasteiger partial charge is 0.319 e. The predicted molar refractivity (Wildman–Crippen MR) is 94.9 cm³/mol. The number of carbonyl (C=O) groups is 1. The topological polar surface area (TPSA) is 74.2 Å². The van der Waals surface area contributed by atoms with Gasteiger partial charge in [0.15, 0.2) is 0 Å². The van der Waals surface area contributed by atoms with Gasteiger partial charge in [0.25, 0.3) is 0 Å². The Kier molecular flexibility index (Phi) is 4.24. The zero-order valence-corrected chi connectivity index (χ0v) is 14.1. The molecule has 2 aromatic rings. The average molecular weight is 343 g/mol. The Bertz CT molecular complexity index is 719. The number of hydrogen-bond donors (Lipinski definition) is 3. The first kappa shape index (κ1) is 15.6. The summed E-state index contributed by atoms with van der Waals surface area (Å²) in [6, 6.07) is 7.61. The highest BCUT2D eigenvalue weighted by Gasteiger charge is 2.47. The van der Waals surface area contributed by atoms with Crippen LogP contribution in [0.15, 0.2) is 35.8 Å². The molecular weight excluding hydrogens is 322 g/mol. The van der Waals surface area contributed by atoms with Crippen molar-refractivity contribution in [3.05, 3.63) is 35.8 Å². The fraction of sp³-hybridized carbons (Fsp3) is 0.444. The van der Waals surface area contributed by atoms with Gasteiger partial charge in [0.05, 0.1) is 0 Å². The van der Waals surface area contributed by atoms with Gasteiger partial charge in [-0.25, -0.2) is 9.78 Å². The second-order valence-electron chi connectivity index (χ2n) is 6.72. The molecule has 4 atom stereocenters. The van der Waals surface area contributed by atoms with Gasteiger partial charge in [0.1, 0.15) is 5.01 Å². The number of urea groups is 1. The first-order valence-corrected chi connectivity index (χ1v) is 9.31. The SMILES string of the molecule is O=C(Nc1cccc(-c2nccs2)c1)NC1C2CCC(C2)C1CO. The number of hydrogen-bond acceptors (Lipinski definition) is 4. The van der Waals surface area contributed by atoms with E-state index >= 15 is 0 Å². The van der Waals surface area contributed by atoms with Gasteiger partial charge in [0.2, 0.25) is 0 Å². The second kappa shape index (κ2) is 6.53. The van der Waals surface area contributed by atoms with Crippen molar-refractivity contribution in [2.45, 2.75) is 25.3 Å². The maximum atomic E-state index is 12.4. The summed E-state index contributed by atoms with van der Waals surface area (Å²) in [5.74, 6) is 1.29. The third-order valence-electron chi connectivity index (χ3n) is 5.40. The number of fused-ring (bicyclic) bond motifs is 2. The van der Waals surface area contributed by atoms with E-state index in [9.17, 15) is 9.90 Å². The van der Waals surface area contributed by atoms with E-state index in [1.165, 1.54) is 6.42 Å². The third kappa shape index (κ3) is 2.91. The Morgan fingerprint density at radius 1 is 1.33 bits per heavy atom. The van der Waals surface area contributed by atoms with E-state index in [4.69, 9.17) is 0 Å². The van der Waals surface area contributed by atoms with Gasteiger partial charge in [0, 0.05) is 41.4 Å². The molecule has 2 amide bonds. The van der Waals surface area contributed by atoms with Gasteiger partial charge in [-0.05, 0) is 43.2 Å². The lowest BCUT2D eigenvalue weighted by molar-refractivity contribution is 0.146. The van der Waals surface area contributed by atoms with Gasteiger partial charge in [-0.1, -0.05) is 12.1 Å². The van der Waals surface area contributed by atoms with E-state index in [1.54, 1.807) is 17.5 Å². The van der Waals surface area contributed by atoms with Crippen molar-refractivity contribution in [2.75, 3.05) is 11.9 Å². The standard InChI is InChI=1S/C18H21N3O2S/c22-10-15-11-4-5-12(8-11)16(15)21-18(23)20-14-3-1-2-13(9-14)17-19-6-7-24-17/h1-3,6-7,9,11-12,15-16,22H,4-5,8,10H2,(H2,20,21,23). The van der Waals surface area contributed by atoms with E-state index in [0.717, 1.165) is 29.1 Å². The number of aliphatic hydroxyl groups is 1. The molecule has 24 heavy (non-hydrogen) atoms. The molecule has 5 nitrogen and oxygen atoms in total. The van der Waals surface area contributed by atoms with Crippen molar-refractivity contribution in [1.82, 2.24) is 10.3 Å². The Morgan fingerprint density at radius 2 is 2.21 bits per heavy atom. The summed E-state index contributed by atoms with van der Waals surface area (Å²) in [6.07, 6.45) is 5.25. The molecule has 0 spiro atoms. The quantitative estimate of drug-likeness (QED) is 0.797. The van der Waals surface area contributed by atoms with Crippen molar-refractivity contribution in [3.8, 4) is 10.6 Å². The van der Waals surface area contributed by atoms with E-state index in [0.29, 0.717) is 11.8 Å². The van der Waals surface area contributed by atoms with Gasteiger partial charge >= 0.3 is 6.03 Å². The Balaban J connectivity index is 1.42. The zero-order chi connectivity index (χ0) is 16.5. The minimum Gasteiger partial charge on any atom is -0.396 e. The first-order chi connectivity index (χ1) is 11.7. The minimum absolute atomic E-state index is 0.0934. The van der Waals surface area contributed by atoms with Crippen LogP contribution in [0.1, 0.15) is 19.3 Å². The summed E-state index contributed by atoms with van der Waals surface area (Å²) in [5.41, 5.74) is 1.75. The molecule has 1 aromatic carbocycles. The van der Waals surface area contributed by atoms with Crippen LogP contribution in [-0.2, 0) is 0 Å². The van der Waals surface area contributed by atoms with Crippen molar-refractivity contribution in [2.24, 2.45) is 17.8 Å². The highest BCUT2D eigenvalue weighted by Crippen LogP contribution is 2.48. The number of carbonyl (C=O) groups excluding carboxylic acids is 1. The normalized spacial score (nSPS) is 28.0. The highest BCUT2D eigenvalue weighted by molar-refractivity contribution is 7.13. The predicted octanol–water partition coefficient (Wildman–Crippen LogP) is 3.34. The van der Waals surface area contributed by atoms with Crippen molar-refractivity contribution >= 4 is 23.1 Å². The summed E-state index contributed by atoms with van der Waals surface area (Å²) in [4.78, 5) is 16.7. The summed E-state index contributed by atoms with van der Waals surface area (Å²) < 4.78 is 0. The summed E-state index contributed by atoms with van der Waals surface area (Å²) in [6.45, 7) is 0.158. The van der Waals surface area contributed by atoms with E-state index in [1.807, 2.05) is 29.6 Å². The fourth-order valence-corrected chi connectivity index (χ4v) is 4.95. The van der Waals surface area contributed by atoms with Crippen LogP contribution >= 0.6 is 11.3 Å². The van der Waals surface area contributed by atoms with Crippen LogP contribution in [0, 0.1) is 17.8 Å². The molecule has 0 radical (unpaired) electrons. The van der Waals surface area contributed by atoms with Crippen LogP contribution in [0.2, 0.25) is 0 Å². The molecule has 0 aliphatic heterocycles. The number of amides is 2. The van der Waals surface area contributed by atoms with Crippen molar-refractivity contribution < 1.29 is 9.90 Å². The zero-order valence-electron chi connectivity index (χ0n) is 13.3. The monoisotopic (exact) mass is 343 g/mol. The molecule has 2 bridgehead atoms. The average Bonchev–Trinajstić information content (AvgIpc) is 3.32. The van der Waals surface area contributed by atoms with Crippen LogP contribution in [0.5, 0.6) is 0 Å². The van der Waals surface area contributed by atoms with Gasteiger partial charge < -0.3 is 15.7 Å². The van der Waals surface area contributed by atoms with Gasteiger partial charge in [-0.2, -0.15) is 0 Å². The molecule has 1 aromatic heterocycles. The maximum absolute atomic E-state index is 12.4. The molecule has 2 saturated carbocycles. The molecule has 4 rings (SSSR count). The first-order valence-electron chi connectivity index (χ1n) is 8.43. The van der Waals surface area contributed by atoms with E-state index in [-0.39, 0.29) is 24.6 Å². The summed E-state index contributed by atoms with van der Waals surface area (Å²) >= 11 is 1.57. The van der Waals surface area contributed by atoms with Gasteiger partial charge in [-0.3, -0.25) is 0 Å². The molecule has 1 heterocycles. The molecule has 4 unspecified atom stereocenters. The number of anilines is 1. The van der Waals surface area contributed by atoms with Crippen LogP contribution in [-0.4, -0.2) is 28.8 Å². The lowest BCUT2D eigenvalue weighted by Gasteiger charge is -2.30. The lowest BCUT2D eigenvalue weighted by Crippen LogP contribution is -2.46. The minimum atomic E-state index is -0.192. The van der Waals surface area contributed by atoms with Crippen LogP contribution in [0.25, 0.3) is 10.6 Å². The molecule has 2 fully saturated rings.